The van der Waals surface area contributed by atoms with Crippen LogP contribution in [-0.4, -0.2) is 12.5 Å². The van der Waals surface area contributed by atoms with Gasteiger partial charge >= 0.3 is 0 Å². The van der Waals surface area contributed by atoms with Gasteiger partial charge in [-0.05, 0) is 24.7 Å². The third-order valence-corrected chi connectivity index (χ3v) is 4.61. The molecule has 0 aromatic carbocycles. The van der Waals surface area contributed by atoms with Crippen molar-refractivity contribution in [2.45, 2.75) is 70.3 Å². The third-order valence-electron chi connectivity index (χ3n) is 4.61. The molecule has 2 rings (SSSR count). The highest BCUT2D eigenvalue weighted by Gasteiger charge is 2.32. The molecule has 0 saturated heterocycles. The van der Waals surface area contributed by atoms with Crippen molar-refractivity contribution in [2.24, 2.45) is 11.8 Å². The molecule has 2 aliphatic rings. The second kappa shape index (κ2) is 6.27. The zero-order chi connectivity index (χ0) is 11.2. The Balaban J connectivity index is 1.98. The smallest absolute Gasteiger partial charge is 0.207 e. The van der Waals surface area contributed by atoms with Gasteiger partial charge in [0.1, 0.15) is 0 Å². The minimum absolute atomic E-state index is 0.481. The minimum Gasteiger partial charge on any atom is -0.356 e. The molecule has 0 bridgehead atoms. The Morgan fingerprint density at radius 2 is 1.50 bits per heavy atom. The van der Waals surface area contributed by atoms with Crippen LogP contribution in [0.3, 0.4) is 0 Å². The molecule has 0 heterocycles. The van der Waals surface area contributed by atoms with Crippen LogP contribution in [0.15, 0.2) is 0 Å². The second-order valence-corrected chi connectivity index (χ2v) is 5.59. The maximum atomic E-state index is 10.7. The molecule has 1 N–H and O–H groups in total. The lowest BCUT2D eigenvalue weighted by Gasteiger charge is -2.38. The molecule has 2 fully saturated rings. The van der Waals surface area contributed by atoms with E-state index in [1.54, 1.807) is 0 Å². The summed E-state index contributed by atoms with van der Waals surface area (Å²) in [5.41, 5.74) is 0. The largest absolute Gasteiger partial charge is 0.356 e. The summed E-state index contributed by atoms with van der Waals surface area (Å²) in [6.45, 7) is 0. The zero-order valence-electron chi connectivity index (χ0n) is 10.3. The van der Waals surface area contributed by atoms with E-state index in [4.69, 9.17) is 0 Å². The van der Waals surface area contributed by atoms with E-state index in [1.807, 2.05) is 0 Å². The first-order valence-electron chi connectivity index (χ1n) is 7.11. The first-order chi connectivity index (χ1) is 7.92. The summed E-state index contributed by atoms with van der Waals surface area (Å²) in [7, 11) is 0. The van der Waals surface area contributed by atoms with E-state index in [9.17, 15) is 4.79 Å². The quantitative estimate of drug-likeness (QED) is 0.715. The van der Waals surface area contributed by atoms with Gasteiger partial charge in [-0.15, -0.1) is 0 Å². The number of rotatable bonds is 2. The van der Waals surface area contributed by atoms with Crippen molar-refractivity contribution in [3.63, 3.8) is 0 Å². The monoisotopic (exact) mass is 223 g/mol. The summed E-state index contributed by atoms with van der Waals surface area (Å²) in [6, 6.07) is 0.481. The van der Waals surface area contributed by atoms with E-state index >= 15 is 0 Å². The molecule has 0 radical (unpaired) electrons. The zero-order valence-corrected chi connectivity index (χ0v) is 10.3. The fourth-order valence-electron chi connectivity index (χ4n) is 3.76. The Bertz CT molecular complexity index is 217. The van der Waals surface area contributed by atoms with E-state index in [0.717, 1.165) is 18.2 Å². The first kappa shape index (κ1) is 11.9. The van der Waals surface area contributed by atoms with E-state index in [1.165, 1.54) is 64.2 Å². The number of amides is 1. The summed E-state index contributed by atoms with van der Waals surface area (Å²) in [6.07, 6.45) is 14.6. The van der Waals surface area contributed by atoms with Crippen molar-refractivity contribution < 1.29 is 4.79 Å². The van der Waals surface area contributed by atoms with E-state index in [2.05, 4.69) is 5.32 Å². The highest BCUT2D eigenvalue weighted by atomic mass is 16.1. The summed E-state index contributed by atoms with van der Waals surface area (Å²) < 4.78 is 0. The van der Waals surface area contributed by atoms with Gasteiger partial charge in [-0.3, -0.25) is 4.79 Å². The molecular formula is C14H25NO. The van der Waals surface area contributed by atoms with E-state index < -0.39 is 0 Å². The van der Waals surface area contributed by atoms with Crippen molar-refractivity contribution in [3.8, 4) is 0 Å². The molecule has 92 valence electrons. The first-order valence-corrected chi connectivity index (χ1v) is 7.11. The van der Waals surface area contributed by atoms with Crippen LogP contribution in [0.2, 0.25) is 0 Å². The molecule has 0 aromatic heterocycles. The molecule has 3 atom stereocenters. The van der Waals surface area contributed by atoms with Crippen molar-refractivity contribution >= 4 is 6.41 Å². The lowest BCUT2D eigenvalue weighted by Crippen LogP contribution is -2.42. The topological polar surface area (TPSA) is 29.1 Å². The van der Waals surface area contributed by atoms with Crippen LogP contribution in [0, 0.1) is 11.8 Å². The maximum absolute atomic E-state index is 10.7. The van der Waals surface area contributed by atoms with Crippen molar-refractivity contribution in [1.29, 1.82) is 0 Å². The summed E-state index contributed by atoms with van der Waals surface area (Å²) in [5, 5.41) is 3.07. The van der Waals surface area contributed by atoms with Gasteiger partial charge in [-0.1, -0.05) is 51.4 Å². The predicted molar refractivity (Wildman–Crippen MR) is 66.1 cm³/mol. The van der Waals surface area contributed by atoms with Gasteiger partial charge in [-0.2, -0.15) is 0 Å². The Morgan fingerprint density at radius 3 is 2.31 bits per heavy atom. The molecule has 2 heteroatoms. The van der Waals surface area contributed by atoms with Crippen LogP contribution in [0.1, 0.15) is 64.2 Å². The lowest BCUT2D eigenvalue weighted by molar-refractivity contribution is -0.111. The number of hydrogen-bond acceptors (Lipinski definition) is 1. The van der Waals surface area contributed by atoms with Crippen molar-refractivity contribution in [3.05, 3.63) is 0 Å². The molecule has 2 unspecified atom stereocenters. The van der Waals surface area contributed by atoms with Crippen LogP contribution >= 0.6 is 0 Å². The number of nitrogens with one attached hydrogen (secondary N) is 1. The average molecular weight is 223 g/mol. The Labute approximate surface area is 99.2 Å². The Hall–Kier alpha value is -0.530. The fraction of sp³-hybridized carbons (Fsp3) is 0.929. The minimum atomic E-state index is 0.481. The van der Waals surface area contributed by atoms with Crippen molar-refractivity contribution in [1.82, 2.24) is 5.32 Å². The van der Waals surface area contributed by atoms with Crippen molar-refractivity contribution in [2.75, 3.05) is 0 Å². The van der Waals surface area contributed by atoms with Gasteiger partial charge in [0.05, 0.1) is 0 Å². The molecule has 1 amide bonds. The van der Waals surface area contributed by atoms with Gasteiger partial charge in [0, 0.05) is 6.04 Å². The van der Waals surface area contributed by atoms with Crippen LogP contribution < -0.4 is 5.32 Å². The summed E-state index contributed by atoms with van der Waals surface area (Å²) in [4.78, 5) is 10.7. The van der Waals surface area contributed by atoms with Crippen LogP contribution in [0.25, 0.3) is 0 Å². The fourth-order valence-corrected chi connectivity index (χ4v) is 3.76. The molecule has 2 saturated carbocycles. The van der Waals surface area contributed by atoms with Crippen LogP contribution in [0.4, 0.5) is 0 Å². The molecule has 2 aliphatic carbocycles. The van der Waals surface area contributed by atoms with Gasteiger partial charge in [0.15, 0.2) is 0 Å². The van der Waals surface area contributed by atoms with Gasteiger partial charge in [-0.25, -0.2) is 0 Å². The van der Waals surface area contributed by atoms with E-state index in [-0.39, 0.29) is 0 Å². The van der Waals surface area contributed by atoms with Crippen LogP contribution in [-0.2, 0) is 4.79 Å². The molecule has 0 aliphatic heterocycles. The summed E-state index contributed by atoms with van der Waals surface area (Å²) in [5.74, 6) is 1.67. The lowest BCUT2D eigenvalue weighted by atomic mass is 9.72. The number of fused-ring (bicyclic) bond motifs is 1. The highest BCUT2D eigenvalue weighted by Crippen LogP contribution is 2.38. The van der Waals surface area contributed by atoms with Gasteiger partial charge in [0.25, 0.3) is 0 Å². The van der Waals surface area contributed by atoms with Gasteiger partial charge in [0.2, 0.25) is 6.41 Å². The molecule has 16 heavy (non-hydrogen) atoms. The van der Waals surface area contributed by atoms with Crippen LogP contribution in [0.5, 0.6) is 0 Å². The number of carbonyl (C=O) groups excluding carboxylic acids is 1. The molecule has 2 nitrogen and oxygen atoms in total. The summed E-state index contributed by atoms with van der Waals surface area (Å²) >= 11 is 0. The molecule has 0 spiro atoms. The third kappa shape index (κ3) is 2.99. The Morgan fingerprint density at radius 1 is 0.812 bits per heavy atom. The van der Waals surface area contributed by atoms with Gasteiger partial charge < -0.3 is 5.32 Å². The standard InChI is InChI=1S/C14H25NO/c16-11-15-14-10-6-8-12-7-4-2-1-3-5-9-13(12)14/h11-14H,1-10H2,(H,15,16)/t12?,13?,14-/m1/s1. The average Bonchev–Trinajstić information content (AvgIpc) is 2.41. The highest BCUT2D eigenvalue weighted by molar-refractivity contribution is 5.46. The normalized spacial score (nSPS) is 36.4. The molecular weight excluding hydrogens is 198 g/mol. The number of hydrogen-bond donors (Lipinski definition) is 1. The van der Waals surface area contributed by atoms with E-state index in [0.29, 0.717) is 6.04 Å². The second-order valence-electron chi connectivity index (χ2n) is 5.59. The number of carbonyl (C=O) groups is 1. The maximum Gasteiger partial charge on any atom is 0.207 e. The predicted octanol–water partition coefficient (Wildman–Crippen LogP) is 3.26. The SMILES string of the molecule is O=CN[C@@H]1CCCC2CCCCCCCC21. The molecule has 0 aromatic rings. The Kier molecular flexibility index (Phi) is 4.68.